The standard InChI is InChI=1S/C13H12BrClO/c14-12-7-6-10(15)8-11(12)13(16)9-4-2-1-3-5-9/h4,6-8H,1-3,5H2. The fraction of sp³-hybridized carbons (Fsp3) is 0.308. The third-order valence-electron chi connectivity index (χ3n) is 2.76. The Kier molecular flexibility index (Phi) is 3.82. The van der Waals surface area contributed by atoms with Gasteiger partial charge in [-0.2, -0.15) is 0 Å². The lowest BCUT2D eigenvalue weighted by Gasteiger charge is -2.12. The number of carbonyl (C=O) groups excluding carboxylic acids is 1. The molecule has 1 aliphatic rings. The van der Waals surface area contributed by atoms with E-state index in [0.29, 0.717) is 10.6 Å². The minimum absolute atomic E-state index is 0.106. The zero-order valence-electron chi connectivity index (χ0n) is 8.80. The summed E-state index contributed by atoms with van der Waals surface area (Å²) in [6, 6.07) is 5.32. The van der Waals surface area contributed by atoms with Gasteiger partial charge in [0.25, 0.3) is 0 Å². The van der Waals surface area contributed by atoms with Crippen molar-refractivity contribution in [1.29, 1.82) is 0 Å². The first kappa shape index (κ1) is 11.9. The minimum Gasteiger partial charge on any atom is -0.289 e. The summed E-state index contributed by atoms with van der Waals surface area (Å²) >= 11 is 9.30. The summed E-state index contributed by atoms with van der Waals surface area (Å²) in [6.07, 6.45) is 6.25. The molecule has 16 heavy (non-hydrogen) atoms. The molecule has 0 aromatic heterocycles. The third kappa shape index (κ3) is 2.55. The SMILES string of the molecule is O=C(C1=CCCCC1)c1cc(Cl)ccc1Br. The first-order valence-electron chi connectivity index (χ1n) is 5.37. The van der Waals surface area contributed by atoms with Crippen LogP contribution in [0.3, 0.4) is 0 Å². The van der Waals surface area contributed by atoms with Crippen molar-refractivity contribution in [3.05, 3.63) is 44.9 Å². The maximum absolute atomic E-state index is 12.2. The Balaban J connectivity index is 2.33. The van der Waals surface area contributed by atoms with E-state index in [0.717, 1.165) is 29.3 Å². The van der Waals surface area contributed by atoms with Crippen molar-refractivity contribution in [1.82, 2.24) is 0 Å². The van der Waals surface area contributed by atoms with Gasteiger partial charge in [-0.05, 0) is 49.5 Å². The molecule has 0 heterocycles. The first-order valence-corrected chi connectivity index (χ1v) is 6.54. The van der Waals surface area contributed by atoms with Crippen LogP contribution >= 0.6 is 27.5 Å². The van der Waals surface area contributed by atoms with Gasteiger partial charge in [-0.15, -0.1) is 0 Å². The molecule has 1 aliphatic carbocycles. The van der Waals surface area contributed by atoms with Crippen LogP contribution in [0.4, 0.5) is 0 Å². The Bertz CT molecular complexity index is 451. The van der Waals surface area contributed by atoms with Gasteiger partial charge < -0.3 is 0 Å². The monoisotopic (exact) mass is 298 g/mol. The molecule has 1 aromatic carbocycles. The average Bonchev–Trinajstić information content (AvgIpc) is 2.32. The van der Waals surface area contributed by atoms with Crippen LogP contribution < -0.4 is 0 Å². The van der Waals surface area contributed by atoms with Gasteiger partial charge in [0.2, 0.25) is 0 Å². The third-order valence-corrected chi connectivity index (χ3v) is 3.68. The van der Waals surface area contributed by atoms with E-state index in [1.54, 1.807) is 12.1 Å². The van der Waals surface area contributed by atoms with Gasteiger partial charge in [0.15, 0.2) is 5.78 Å². The molecule has 1 nitrogen and oxygen atoms in total. The molecule has 0 saturated carbocycles. The molecule has 0 saturated heterocycles. The number of halogens is 2. The minimum atomic E-state index is 0.106. The normalized spacial score (nSPS) is 15.8. The molecule has 0 N–H and O–H groups in total. The van der Waals surface area contributed by atoms with E-state index in [2.05, 4.69) is 22.0 Å². The van der Waals surface area contributed by atoms with Crippen LogP contribution in [0.2, 0.25) is 5.02 Å². The fourth-order valence-corrected chi connectivity index (χ4v) is 2.49. The molecule has 1 aromatic rings. The zero-order chi connectivity index (χ0) is 11.5. The summed E-state index contributed by atoms with van der Waals surface area (Å²) in [4.78, 5) is 12.2. The van der Waals surface area contributed by atoms with Crippen molar-refractivity contribution in [3.8, 4) is 0 Å². The number of ketones is 1. The van der Waals surface area contributed by atoms with Gasteiger partial charge in [0, 0.05) is 15.1 Å². The highest BCUT2D eigenvalue weighted by Gasteiger charge is 2.16. The topological polar surface area (TPSA) is 17.1 Å². The number of benzene rings is 1. The van der Waals surface area contributed by atoms with Crippen LogP contribution in [-0.2, 0) is 0 Å². The zero-order valence-corrected chi connectivity index (χ0v) is 11.1. The maximum atomic E-state index is 12.2. The van der Waals surface area contributed by atoms with E-state index in [1.807, 2.05) is 6.07 Å². The van der Waals surface area contributed by atoms with Gasteiger partial charge in [-0.25, -0.2) is 0 Å². The number of carbonyl (C=O) groups is 1. The average molecular weight is 300 g/mol. The van der Waals surface area contributed by atoms with Crippen LogP contribution in [0.25, 0.3) is 0 Å². The Hall–Kier alpha value is -0.600. The molecule has 0 fully saturated rings. The Labute approximate surface area is 109 Å². The van der Waals surface area contributed by atoms with Crippen LogP contribution in [0.5, 0.6) is 0 Å². The second-order valence-electron chi connectivity index (χ2n) is 3.93. The number of allylic oxidation sites excluding steroid dienone is 2. The van der Waals surface area contributed by atoms with Gasteiger partial charge in [0.05, 0.1) is 0 Å². The van der Waals surface area contributed by atoms with Crippen molar-refractivity contribution in [2.45, 2.75) is 25.7 Å². The lowest BCUT2D eigenvalue weighted by Crippen LogP contribution is -2.07. The molecule has 0 unspecified atom stereocenters. The fourth-order valence-electron chi connectivity index (χ4n) is 1.89. The van der Waals surface area contributed by atoms with E-state index in [-0.39, 0.29) is 5.78 Å². The van der Waals surface area contributed by atoms with E-state index in [4.69, 9.17) is 11.6 Å². The molecular formula is C13H12BrClO. The molecule has 0 bridgehead atoms. The molecule has 3 heteroatoms. The van der Waals surface area contributed by atoms with Crippen LogP contribution in [0, 0.1) is 0 Å². The molecule has 84 valence electrons. The summed E-state index contributed by atoms with van der Waals surface area (Å²) in [5.41, 5.74) is 1.59. The van der Waals surface area contributed by atoms with E-state index >= 15 is 0 Å². The number of hydrogen-bond donors (Lipinski definition) is 0. The summed E-state index contributed by atoms with van der Waals surface area (Å²) in [5.74, 6) is 0.106. The second-order valence-corrected chi connectivity index (χ2v) is 5.22. The Morgan fingerprint density at radius 2 is 2.12 bits per heavy atom. The lowest BCUT2D eigenvalue weighted by molar-refractivity contribution is 0.102. The van der Waals surface area contributed by atoms with Crippen molar-refractivity contribution in [2.75, 3.05) is 0 Å². The van der Waals surface area contributed by atoms with Gasteiger partial charge in [-0.1, -0.05) is 33.6 Å². The van der Waals surface area contributed by atoms with E-state index in [9.17, 15) is 4.79 Å². The van der Waals surface area contributed by atoms with Gasteiger partial charge in [0.1, 0.15) is 0 Å². The molecule has 0 spiro atoms. The van der Waals surface area contributed by atoms with Crippen molar-refractivity contribution < 1.29 is 4.79 Å². The molecule has 0 radical (unpaired) electrons. The smallest absolute Gasteiger partial charge is 0.189 e. The summed E-state index contributed by atoms with van der Waals surface area (Å²) in [5, 5.41) is 0.600. The highest BCUT2D eigenvalue weighted by molar-refractivity contribution is 9.10. The predicted octanol–water partition coefficient (Wildman–Crippen LogP) is 4.79. The number of Topliss-reactive ketones (excluding diaryl/α,β-unsaturated/α-hetero) is 1. The van der Waals surface area contributed by atoms with Crippen molar-refractivity contribution >= 4 is 33.3 Å². The van der Waals surface area contributed by atoms with Crippen molar-refractivity contribution in [3.63, 3.8) is 0 Å². The number of hydrogen-bond acceptors (Lipinski definition) is 1. The van der Waals surface area contributed by atoms with Crippen LogP contribution in [0.1, 0.15) is 36.0 Å². The van der Waals surface area contributed by atoms with E-state index in [1.165, 1.54) is 6.42 Å². The van der Waals surface area contributed by atoms with Gasteiger partial charge >= 0.3 is 0 Å². The lowest BCUT2D eigenvalue weighted by atomic mass is 9.93. The summed E-state index contributed by atoms with van der Waals surface area (Å²) in [7, 11) is 0. The van der Waals surface area contributed by atoms with E-state index < -0.39 is 0 Å². The number of rotatable bonds is 2. The Morgan fingerprint density at radius 1 is 1.31 bits per heavy atom. The Morgan fingerprint density at radius 3 is 2.81 bits per heavy atom. The maximum Gasteiger partial charge on any atom is 0.189 e. The van der Waals surface area contributed by atoms with Crippen molar-refractivity contribution in [2.24, 2.45) is 0 Å². The summed E-state index contributed by atoms with van der Waals surface area (Å²) < 4.78 is 0.813. The quantitative estimate of drug-likeness (QED) is 0.718. The molecular weight excluding hydrogens is 287 g/mol. The molecule has 0 aliphatic heterocycles. The highest BCUT2D eigenvalue weighted by atomic mass is 79.9. The first-order chi connectivity index (χ1) is 7.68. The molecule has 0 atom stereocenters. The van der Waals surface area contributed by atoms with Gasteiger partial charge in [-0.3, -0.25) is 4.79 Å². The highest BCUT2D eigenvalue weighted by Crippen LogP contribution is 2.27. The van der Waals surface area contributed by atoms with Crippen LogP contribution in [-0.4, -0.2) is 5.78 Å². The predicted molar refractivity (Wildman–Crippen MR) is 70.0 cm³/mol. The second kappa shape index (κ2) is 5.15. The molecule has 0 amide bonds. The van der Waals surface area contributed by atoms with Crippen LogP contribution in [0.15, 0.2) is 34.3 Å². The molecule has 2 rings (SSSR count). The largest absolute Gasteiger partial charge is 0.289 e. The summed E-state index contributed by atoms with van der Waals surface area (Å²) in [6.45, 7) is 0.